The summed E-state index contributed by atoms with van der Waals surface area (Å²) in [4.78, 5) is 25.8. The topological polar surface area (TPSA) is 95.0 Å². The molecule has 0 bridgehead atoms. The molecule has 8 heteroatoms. The van der Waals surface area contributed by atoms with Crippen molar-refractivity contribution < 1.29 is 23.1 Å². The Hall–Kier alpha value is -1.93. The number of benzene rings is 1. The summed E-state index contributed by atoms with van der Waals surface area (Å²) in [7, 11) is -3.63. The molecule has 2 aliphatic rings. The van der Waals surface area contributed by atoms with Gasteiger partial charge in [-0.05, 0) is 44.4 Å². The second kappa shape index (κ2) is 7.59. The Morgan fingerprint density at radius 1 is 1.07 bits per heavy atom. The van der Waals surface area contributed by atoms with E-state index < -0.39 is 21.4 Å². The van der Waals surface area contributed by atoms with E-state index in [1.54, 1.807) is 19.1 Å². The highest BCUT2D eigenvalue weighted by Crippen LogP contribution is 2.31. The van der Waals surface area contributed by atoms with E-state index in [4.69, 9.17) is 0 Å². The minimum atomic E-state index is -3.63. The predicted octanol–water partition coefficient (Wildman–Crippen LogP) is 2.19. The first-order valence-corrected chi connectivity index (χ1v) is 10.8. The number of hydrogen-bond donors (Lipinski definition) is 1. The van der Waals surface area contributed by atoms with Crippen LogP contribution in [-0.4, -0.2) is 60.8 Å². The highest BCUT2D eigenvalue weighted by Gasteiger charge is 2.42. The molecule has 27 heavy (non-hydrogen) atoms. The summed E-state index contributed by atoms with van der Waals surface area (Å²) in [5, 5.41) is 9.34. The van der Waals surface area contributed by atoms with Crippen LogP contribution in [0.15, 0.2) is 29.2 Å². The summed E-state index contributed by atoms with van der Waals surface area (Å²) in [6.07, 6.45) is 4.14. The van der Waals surface area contributed by atoms with Crippen LogP contribution < -0.4 is 0 Å². The predicted molar refractivity (Wildman–Crippen MR) is 99.9 cm³/mol. The number of likely N-dealkylation sites (tertiary alicyclic amines) is 1. The van der Waals surface area contributed by atoms with Crippen molar-refractivity contribution in [3.8, 4) is 0 Å². The normalized spacial score (nSPS) is 24.6. The van der Waals surface area contributed by atoms with E-state index in [-0.39, 0.29) is 22.9 Å². The first kappa shape index (κ1) is 19.8. The van der Waals surface area contributed by atoms with Crippen molar-refractivity contribution in [3.63, 3.8) is 0 Å². The van der Waals surface area contributed by atoms with Crippen LogP contribution in [0.25, 0.3) is 0 Å². The molecular weight excluding hydrogens is 368 g/mol. The van der Waals surface area contributed by atoms with E-state index >= 15 is 0 Å². The van der Waals surface area contributed by atoms with E-state index in [9.17, 15) is 23.1 Å². The molecule has 2 fully saturated rings. The van der Waals surface area contributed by atoms with Crippen LogP contribution in [0.1, 0.15) is 49.4 Å². The number of rotatable bonds is 4. The number of aliphatic carboxylic acids is 1. The van der Waals surface area contributed by atoms with E-state index in [0.717, 1.165) is 25.7 Å². The summed E-state index contributed by atoms with van der Waals surface area (Å²) in [5.74, 6) is -1.25. The van der Waals surface area contributed by atoms with Gasteiger partial charge < -0.3 is 10.0 Å². The van der Waals surface area contributed by atoms with Gasteiger partial charge in [-0.2, -0.15) is 4.31 Å². The van der Waals surface area contributed by atoms with Gasteiger partial charge in [0.05, 0.1) is 10.3 Å². The largest absolute Gasteiger partial charge is 0.481 e. The molecule has 2 heterocycles. The molecule has 7 nitrogen and oxygen atoms in total. The number of sulfonamides is 1. The molecule has 0 saturated carbocycles. The maximum atomic E-state index is 13.0. The fourth-order valence-corrected chi connectivity index (χ4v) is 5.28. The Bertz CT molecular complexity index is 830. The second-order valence-corrected chi connectivity index (χ2v) is 9.63. The number of hydrogen-bond acceptors (Lipinski definition) is 4. The second-order valence-electron chi connectivity index (χ2n) is 7.69. The van der Waals surface area contributed by atoms with Gasteiger partial charge in [-0.3, -0.25) is 9.59 Å². The third kappa shape index (κ3) is 4.01. The van der Waals surface area contributed by atoms with Gasteiger partial charge in [-0.1, -0.05) is 18.9 Å². The van der Waals surface area contributed by atoms with Crippen LogP contribution in [0.4, 0.5) is 0 Å². The first-order valence-electron chi connectivity index (χ1n) is 9.37. The van der Waals surface area contributed by atoms with Gasteiger partial charge >= 0.3 is 5.97 Å². The van der Waals surface area contributed by atoms with Crippen molar-refractivity contribution >= 4 is 21.9 Å². The van der Waals surface area contributed by atoms with E-state index in [1.165, 1.54) is 21.3 Å². The highest BCUT2D eigenvalue weighted by atomic mass is 32.2. The third-order valence-corrected chi connectivity index (χ3v) is 7.46. The van der Waals surface area contributed by atoms with Crippen LogP contribution in [0.2, 0.25) is 0 Å². The number of carboxylic acid groups (broad SMARTS) is 1. The first-order chi connectivity index (χ1) is 12.7. The number of amides is 1. The van der Waals surface area contributed by atoms with Crippen LogP contribution in [-0.2, 0) is 14.8 Å². The third-order valence-electron chi connectivity index (χ3n) is 5.56. The standard InChI is InChI=1S/C19H26N2O5S/c1-19(18(23)24)9-12-20(14-19)17(22)15-7-6-8-16(13-15)27(25,26)21-10-4-2-3-5-11-21/h6-8,13H,2-5,9-12,14H2,1H3,(H,23,24). The molecule has 1 atom stereocenters. The van der Waals surface area contributed by atoms with Crippen molar-refractivity contribution in [1.82, 2.24) is 9.21 Å². The zero-order chi connectivity index (χ0) is 19.7. The summed E-state index contributed by atoms with van der Waals surface area (Å²) in [6.45, 7) is 3.12. The molecule has 0 aliphatic carbocycles. The lowest BCUT2D eigenvalue weighted by Gasteiger charge is -2.22. The molecule has 148 valence electrons. The Labute approximate surface area is 160 Å². The minimum absolute atomic E-state index is 0.121. The average molecular weight is 394 g/mol. The molecular formula is C19H26N2O5S. The van der Waals surface area contributed by atoms with Gasteiger partial charge in [0.2, 0.25) is 10.0 Å². The van der Waals surface area contributed by atoms with Gasteiger partial charge in [0, 0.05) is 31.7 Å². The number of carboxylic acids is 1. The number of nitrogens with zero attached hydrogens (tertiary/aromatic N) is 2. The van der Waals surface area contributed by atoms with Gasteiger partial charge in [-0.25, -0.2) is 8.42 Å². The molecule has 2 saturated heterocycles. The molecule has 2 aliphatic heterocycles. The molecule has 0 radical (unpaired) electrons. The molecule has 1 unspecified atom stereocenters. The average Bonchev–Trinajstić information content (AvgIpc) is 2.87. The molecule has 1 aromatic carbocycles. The fraction of sp³-hybridized carbons (Fsp3) is 0.579. The summed E-state index contributed by atoms with van der Waals surface area (Å²) < 4.78 is 27.4. The Kier molecular flexibility index (Phi) is 5.58. The minimum Gasteiger partial charge on any atom is -0.481 e. The Morgan fingerprint density at radius 2 is 1.74 bits per heavy atom. The molecule has 0 aromatic heterocycles. The van der Waals surface area contributed by atoms with E-state index in [2.05, 4.69) is 0 Å². The van der Waals surface area contributed by atoms with Crippen molar-refractivity contribution in [2.75, 3.05) is 26.2 Å². The molecule has 1 amide bonds. The Balaban J connectivity index is 1.81. The van der Waals surface area contributed by atoms with Gasteiger partial charge in [0.1, 0.15) is 0 Å². The van der Waals surface area contributed by atoms with Gasteiger partial charge in [0.25, 0.3) is 5.91 Å². The van der Waals surface area contributed by atoms with Gasteiger partial charge in [-0.15, -0.1) is 0 Å². The maximum Gasteiger partial charge on any atom is 0.311 e. The lowest BCUT2D eigenvalue weighted by molar-refractivity contribution is -0.147. The van der Waals surface area contributed by atoms with Crippen molar-refractivity contribution in [2.24, 2.45) is 5.41 Å². The van der Waals surface area contributed by atoms with Crippen LogP contribution in [0, 0.1) is 5.41 Å². The quantitative estimate of drug-likeness (QED) is 0.845. The van der Waals surface area contributed by atoms with Crippen molar-refractivity contribution in [1.29, 1.82) is 0 Å². The molecule has 1 N–H and O–H groups in total. The lowest BCUT2D eigenvalue weighted by atomic mass is 9.90. The van der Waals surface area contributed by atoms with Crippen LogP contribution >= 0.6 is 0 Å². The maximum absolute atomic E-state index is 13.0. The van der Waals surface area contributed by atoms with Gasteiger partial charge in [0.15, 0.2) is 0 Å². The van der Waals surface area contributed by atoms with E-state index in [1.807, 2.05) is 0 Å². The zero-order valence-corrected chi connectivity index (χ0v) is 16.4. The molecule has 1 aromatic rings. The SMILES string of the molecule is CC1(C(=O)O)CCN(C(=O)c2cccc(S(=O)(=O)N3CCCCCC3)c2)C1. The number of carbonyl (C=O) groups is 2. The summed E-state index contributed by atoms with van der Waals surface area (Å²) >= 11 is 0. The van der Waals surface area contributed by atoms with Crippen molar-refractivity contribution in [3.05, 3.63) is 29.8 Å². The summed E-state index contributed by atoms with van der Waals surface area (Å²) in [6, 6.07) is 6.09. The van der Waals surface area contributed by atoms with Crippen molar-refractivity contribution in [2.45, 2.75) is 43.9 Å². The molecule has 3 rings (SSSR count). The van der Waals surface area contributed by atoms with E-state index in [0.29, 0.717) is 26.1 Å². The van der Waals surface area contributed by atoms with Crippen LogP contribution in [0.5, 0.6) is 0 Å². The fourth-order valence-electron chi connectivity index (χ4n) is 3.71. The highest BCUT2D eigenvalue weighted by molar-refractivity contribution is 7.89. The lowest BCUT2D eigenvalue weighted by Crippen LogP contribution is -2.35. The number of carbonyl (C=O) groups excluding carboxylic acids is 1. The smallest absolute Gasteiger partial charge is 0.311 e. The molecule has 0 spiro atoms. The monoisotopic (exact) mass is 394 g/mol. The van der Waals surface area contributed by atoms with Crippen LogP contribution in [0.3, 0.4) is 0 Å². The zero-order valence-electron chi connectivity index (χ0n) is 15.6. The summed E-state index contributed by atoms with van der Waals surface area (Å²) in [5.41, 5.74) is -0.675. The Morgan fingerprint density at radius 3 is 2.33 bits per heavy atom.